The van der Waals surface area contributed by atoms with Crippen molar-refractivity contribution < 1.29 is 4.79 Å². The van der Waals surface area contributed by atoms with Crippen molar-refractivity contribution in [2.24, 2.45) is 5.92 Å². The molecule has 1 aliphatic heterocycles. The van der Waals surface area contributed by atoms with E-state index in [-0.39, 0.29) is 11.5 Å². The van der Waals surface area contributed by atoms with Crippen LogP contribution >= 0.6 is 0 Å². The third-order valence-electron chi connectivity index (χ3n) is 5.01. The van der Waals surface area contributed by atoms with E-state index in [1.807, 2.05) is 24.0 Å². The van der Waals surface area contributed by atoms with Gasteiger partial charge in [0.2, 0.25) is 5.91 Å². The number of aromatic nitrogens is 2. The highest BCUT2D eigenvalue weighted by Crippen LogP contribution is 2.24. The maximum Gasteiger partial charge on any atom is 0.261 e. The van der Waals surface area contributed by atoms with Crippen LogP contribution in [0.3, 0.4) is 0 Å². The van der Waals surface area contributed by atoms with Crippen molar-refractivity contribution in [2.45, 2.75) is 52.6 Å². The van der Waals surface area contributed by atoms with Crippen LogP contribution in [0.25, 0.3) is 10.9 Å². The van der Waals surface area contributed by atoms with E-state index in [2.05, 4.69) is 18.8 Å². The Morgan fingerprint density at radius 3 is 2.92 bits per heavy atom. The Labute approximate surface area is 142 Å². The van der Waals surface area contributed by atoms with E-state index in [1.54, 1.807) is 17.0 Å². The van der Waals surface area contributed by atoms with Crippen molar-refractivity contribution in [3.05, 3.63) is 40.4 Å². The van der Waals surface area contributed by atoms with Gasteiger partial charge in [0.05, 0.1) is 17.2 Å². The highest BCUT2D eigenvalue weighted by atomic mass is 16.2. The molecule has 1 aliphatic rings. The lowest BCUT2D eigenvalue weighted by atomic mass is 10.0. The molecule has 0 bridgehead atoms. The zero-order valence-electron chi connectivity index (χ0n) is 14.7. The van der Waals surface area contributed by atoms with E-state index in [0.29, 0.717) is 30.3 Å². The summed E-state index contributed by atoms with van der Waals surface area (Å²) in [5.41, 5.74) is 1.66. The number of likely N-dealkylation sites (tertiary alicyclic amines) is 1. The molecule has 3 rings (SSSR count). The van der Waals surface area contributed by atoms with Crippen LogP contribution in [-0.4, -0.2) is 32.9 Å². The Bertz CT molecular complexity index is 810. The second-order valence-electron chi connectivity index (χ2n) is 7.00. The highest BCUT2D eigenvalue weighted by molar-refractivity contribution is 5.80. The summed E-state index contributed by atoms with van der Waals surface area (Å²) in [7, 11) is 0. The fourth-order valence-corrected chi connectivity index (χ4v) is 3.65. The number of benzene rings is 1. The molecule has 0 radical (unpaired) electrons. The lowest BCUT2D eigenvalue weighted by molar-refractivity contribution is -0.133. The average Bonchev–Trinajstić information content (AvgIpc) is 3.05. The summed E-state index contributed by atoms with van der Waals surface area (Å²) in [4.78, 5) is 31.5. The van der Waals surface area contributed by atoms with Crippen molar-refractivity contribution in [2.75, 3.05) is 6.54 Å². The Morgan fingerprint density at radius 1 is 1.38 bits per heavy atom. The van der Waals surface area contributed by atoms with Gasteiger partial charge in [-0.1, -0.05) is 26.0 Å². The predicted octanol–water partition coefficient (Wildman–Crippen LogP) is 2.74. The number of hydrogen-bond donors (Lipinski definition) is 0. The zero-order chi connectivity index (χ0) is 17.3. The number of para-hydroxylation sites is 1. The number of carbonyl (C=O) groups excluding carboxylic acids is 1. The standard InChI is InChI=1S/C19H25N3O2/c1-13(2)16-8-5-10-22(16)17(23)9-11-21-12-20-18-14(3)6-4-7-15(18)19(21)24/h4,6-7,12-13,16H,5,8-11H2,1-3H3/t16-/m1/s1. The van der Waals surface area contributed by atoms with Crippen molar-refractivity contribution in [1.82, 2.24) is 14.5 Å². The number of rotatable bonds is 4. The first-order chi connectivity index (χ1) is 11.5. The average molecular weight is 327 g/mol. The van der Waals surface area contributed by atoms with Gasteiger partial charge >= 0.3 is 0 Å². The maximum atomic E-state index is 12.6. The summed E-state index contributed by atoms with van der Waals surface area (Å²) in [6, 6.07) is 5.95. The van der Waals surface area contributed by atoms with Gasteiger partial charge < -0.3 is 4.90 Å². The topological polar surface area (TPSA) is 55.2 Å². The van der Waals surface area contributed by atoms with Gasteiger partial charge in [-0.15, -0.1) is 0 Å². The number of amides is 1. The third-order valence-corrected chi connectivity index (χ3v) is 5.01. The van der Waals surface area contributed by atoms with Gasteiger partial charge in [-0.25, -0.2) is 4.98 Å². The van der Waals surface area contributed by atoms with E-state index in [1.165, 1.54) is 0 Å². The van der Waals surface area contributed by atoms with Crippen LogP contribution in [0, 0.1) is 12.8 Å². The smallest absolute Gasteiger partial charge is 0.261 e. The van der Waals surface area contributed by atoms with Gasteiger partial charge in [-0.3, -0.25) is 14.2 Å². The van der Waals surface area contributed by atoms with Crippen LogP contribution in [0.15, 0.2) is 29.3 Å². The summed E-state index contributed by atoms with van der Waals surface area (Å²) < 4.78 is 1.56. The van der Waals surface area contributed by atoms with E-state index >= 15 is 0 Å². The monoisotopic (exact) mass is 327 g/mol. The number of nitrogens with zero attached hydrogens (tertiary/aromatic N) is 3. The second kappa shape index (κ2) is 6.75. The lowest BCUT2D eigenvalue weighted by Crippen LogP contribution is -2.39. The second-order valence-corrected chi connectivity index (χ2v) is 7.00. The van der Waals surface area contributed by atoms with Crippen molar-refractivity contribution >= 4 is 16.8 Å². The van der Waals surface area contributed by atoms with Gasteiger partial charge in [0.1, 0.15) is 0 Å². The normalized spacial score (nSPS) is 17.8. The number of hydrogen-bond acceptors (Lipinski definition) is 3. The molecular weight excluding hydrogens is 302 g/mol. The number of fused-ring (bicyclic) bond motifs is 1. The minimum Gasteiger partial charge on any atom is -0.339 e. The minimum atomic E-state index is -0.0710. The zero-order valence-corrected chi connectivity index (χ0v) is 14.7. The summed E-state index contributed by atoms with van der Waals surface area (Å²) >= 11 is 0. The Balaban J connectivity index is 1.75. The third kappa shape index (κ3) is 3.07. The van der Waals surface area contributed by atoms with Gasteiger partial charge in [-0.05, 0) is 37.3 Å². The maximum absolute atomic E-state index is 12.6. The first-order valence-electron chi connectivity index (χ1n) is 8.73. The quantitative estimate of drug-likeness (QED) is 0.867. The van der Waals surface area contributed by atoms with Crippen molar-refractivity contribution in [3.63, 3.8) is 0 Å². The molecule has 1 saturated heterocycles. The van der Waals surface area contributed by atoms with Crippen molar-refractivity contribution in [1.29, 1.82) is 0 Å². The van der Waals surface area contributed by atoms with Gasteiger partial charge in [0, 0.05) is 25.6 Å². The van der Waals surface area contributed by atoms with Crippen LogP contribution in [0.5, 0.6) is 0 Å². The molecule has 1 aromatic heterocycles. The lowest BCUT2D eigenvalue weighted by Gasteiger charge is -2.27. The summed E-state index contributed by atoms with van der Waals surface area (Å²) in [6.45, 7) is 7.50. The van der Waals surface area contributed by atoms with E-state index < -0.39 is 0 Å². The van der Waals surface area contributed by atoms with Gasteiger partial charge in [-0.2, -0.15) is 0 Å². The van der Waals surface area contributed by atoms with Crippen molar-refractivity contribution in [3.8, 4) is 0 Å². The summed E-state index contributed by atoms with van der Waals surface area (Å²) in [5.74, 6) is 0.618. The van der Waals surface area contributed by atoms with E-state index in [4.69, 9.17) is 0 Å². The van der Waals surface area contributed by atoms with Crippen LogP contribution in [0.1, 0.15) is 38.7 Å². The highest BCUT2D eigenvalue weighted by Gasteiger charge is 2.30. The molecule has 0 unspecified atom stereocenters. The molecule has 5 nitrogen and oxygen atoms in total. The molecule has 1 amide bonds. The Hall–Kier alpha value is -2.17. The number of carbonyl (C=O) groups is 1. The minimum absolute atomic E-state index is 0.0710. The van der Waals surface area contributed by atoms with E-state index in [0.717, 1.165) is 30.5 Å². The molecule has 1 aromatic carbocycles. The molecule has 0 saturated carbocycles. The fraction of sp³-hybridized carbons (Fsp3) is 0.526. The summed E-state index contributed by atoms with van der Waals surface area (Å²) in [6.07, 6.45) is 4.07. The van der Waals surface area contributed by atoms with E-state index in [9.17, 15) is 9.59 Å². The van der Waals surface area contributed by atoms with Crippen LogP contribution in [0.4, 0.5) is 0 Å². The van der Waals surface area contributed by atoms with Gasteiger partial charge in [0.15, 0.2) is 0 Å². The molecule has 1 atom stereocenters. The molecular formula is C19H25N3O2. The fourth-order valence-electron chi connectivity index (χ4n) is 3.65. The molecule has 24 heavy (non-hydrogen) atoms. The number of aryl methyl sites for hydroxylation is 2. The Kier molecular flexibility index (Phi) is 4.69. The van der Waals surface area contributed by atoms with Crippen LogP contribution in [0.2, 0.25) is 0 Å². The molecule has 128 valence electrons. The van der Waals surface area contributed by atoms with Gasteiger partial charge in [0.25, 0.3) is 5.56 Å². The molecule has 2 aromatic rings. The predicted molar refractivity (Wildman–Crippen MR) is 94.9 cm³/mol. The molecule has 1 fully saturated rings. The largest absolute Gasteiger partial charge is 0.339 e. The molecule has 5 heteroatoms. The first-order valence-corrected chi connectivity index (χ1v) is 8.73. The molecule has 0 N–H and O–H groups in total. The summed E-state index contributed by atoms with van der Waals surface area (Å²) in [5, 5.41) is 0.617. The first kappa shape index (κ1) is 16.7. The Morgan fingerprint density at radius 2 is 2.17 bits per heavy atom. The van der Waals surface area contributed by atoms with Crippen LogP contribution < -0.4 is 5.56 Å². The van der Waals surface area contributed by atoms with Crippen LogP contribution in [-0.2, 0) is 11.3 Å². The SMILES string of the molecule is Cc1cccc2c(=O)n(CCC(=O)N3CCC[C@@H]3C(C)C)cnc12. The molecule has 2 heterocycles. The molecule has 0 spiro atoms. The molecule has 0 aliphatic carbocycles.